The first-order valence-electron chi connectivity index (χ1n) is 10.6. The number of anilines is 1. The molecular formula is C24H34N2O2. The number of rotatable bonds is 6. The van der Waals surface area contributed by atoms with Crippen LogP contribution in [-0.2, 0) is 0 Å². The zero-order valence-corrected chi connectivity index (χ0v) is 17.4. The van der Waals surface area contributed by atoms with Crippen molar-refractivity contribution >= 4 is 11.7 Å². The fourth-order valence-corrected chi connectivity index (χ4v) is 4.35. The van der Waals surface area contributed by atoms with E-state index in [1.165, 1.54) is 30.4 Å². The average Bonchev–Trinajstić information content (AvgIpc) is 2.73. The molecule has 28 heavy (non-hydrogen) atoms. The fraction of sp³-hybridized carbons (Fsp3) is 0.542. The van der Waals surface area contributed by atoms with Crippen molar-refractivity contribution in [3.05, 3.63) is 48.1 Å². The largest absolute Gasteiger partial charge is 0.497 e. The third-order valence-electron chi connectivity index (χ3n) is 6.17. The molecule has 1 saturated carbocycles. The molecule has 0 heterocycles. The third kappa shape index (κ3) is 5.40. The molecule has 0 bridgehead atoms. The van der Waals surface area contributed by atoms with E-state index in [2.05, 4.69) is 29.8 Å². The van der Waals surface area contributed by atoms with Crippen molar-refractivity contribution in [3.63, 3.8) is 0 Å². The summed E-state index contributed by atoms with van der Waals surface area (Å²) in [6.45, 7) is 6.98. The predicted molar refractivity (Wildman–Crippen MR) is 116 cm³/mol. The molecule has 1 atom stereocenters. The van der Waals surface area contributed by atoms with Crippen molar-refractivity contribution in [2.75, 3.05) is 19.0 Å². The number of hydrogen-bond acceptors (Lipinski definition) is 2. The van der Waals surface area contributed by atoms with Gasteiger partial charge in [-0.1, -0.05) is 49.1 Å². The monoisotopic (exact) mass is 382 g/mol. The lowest BCUT2D eigenvalue weighted by Crippen LogP contribution is -2.45. The molecule has 1 N–H and O–H groups in total. The number of carbonyl (C=O) groups is 1. The van der Waals surface area contributed by atoms with Crippen molar-refractivity contribution in [3.8, 4) is 5.75 Å². The molecule has 3 rings (SSSR count). The number of carbonyl (C=O) groups excluding carboxylic acids is 1. The Bertz CT molecular complexity index is 719. The molecule has 0 saturated heterocycles. The van der Waals surface area contributed by atoms with Crippen LogP contribution in [0.4, 0.5) is 10.5 Å². The summed E-state index contributed by atoms with van der Waals surface area (Å²) >= 11 is 0. The third-order valence-corrected chi connectivity index (χ3v) is 6.17. The van der Waals surface area contributed by atoms with Gasteiger partial charge in [0.25, 0.3) is 0 Å². The SMILES string of the molecule is C=C(C)C1CC=C(CN(C(=O)Nc2cccc(OC)c2)C2CCCCC2)CC1. The molecule has 0 aromatic heterocycles. The molecule has 4 heteroatoms. The summed E-state index contributed by atoms with van der Waals surface area (Å²) in [6.07, 6.45) is 11.5. The van der Waals surface area contributed by atoms with Crippen LogP contribution in [0.1, 0.15) is 58.3 Å². The summed E-state index contributed by atoms with van der Waals surface area (Å²) in [5, 5.41) is 3.10. The molecule has 2 amide bonds. The van der Waals surface area contributed by atoms with Crippen molar-refractivity contribution in [1.29, 1.82) is 0 Å². The van der Waals surface area contributed by atoms with Crippen LogP contribution in [-0.4, -0.2) is 30.6 Å². The Morgan fingerprint density at radius 3 is 2.68 bits per heavy atom. The van der Waals surface area contributed by atoms with Gasteiger partial charge in [-0.05, 0) is 57.1 Å². The molecular weight excluding hydrogens is 348 g/mol. The van der Waals surface area contributed by atoms with E-state index in [4.69, 9.17) is 4.74 Å². The lowest BCUT2D eigenvalue weighted by atomic mass is 9.85. The minimum atomic E-state index is 0.00285. The van der Waals surface area contributed by atoms with Crippen LogP contribution in [0.25, 0.3) is 0 Å². The number of urea groups is 1. The van der Waals surface area contributed by atoms with Crippen LogP contribution in [0, 0.1) is 5.92 Å². The summed E-state index contributed by atoms with van der Waals surface area (Å²) in [5.41, 5.74) is 3.45. The normalized spacial score (nSPS) is 20.2. The molecule has 2 aliphatic rings. The van der Waals surface area contributed by atoms with E-state index in [9.17, 15) is 4.79 Å². The molecule has 0 radical (unpaired) electrons. The maximum Gasteiger partial charge on any atom is 0.322 e. The summed E-state index contributed by atoms with van der Waals surface area (Å²) in [5.74, 6) is 1.35. The zero-order chi connectivity index (χ0) is 19.9. The van der Waals surface area contributed by atoms with E-state index in [0.29, 0.717) is 12.0 Å². The molecule has 4 nitrogen and oxygen atoms in total. The number of nitrogens with zero attached hydrogens (tertiary/aromatic N) is 1. The summed E-state index contributed by atoms with van der Waals surface area (Å²) in [6, 6.07) is 7.91. The van der Waals surface area contributed by atoms with Gasteiger partial charge in [0.15, 0.2) is 0 Å². The highest BCUT2D eigenvalue weighted by Crippen LogP contribution is 2.31. The molecule has 0 aliphatic heterocycles. The van der Waals surface area contributed by atoms with Gasteiger partial charge in [0.1, 0.15) is 5.75 Å². The van der Waals surface area contributed by atoms with Gasteiger partial charge >= 0.3 is 6.03 Å². The maximum atomic E-state index is 13.2. The van der Waals surface area contributed by atoms with Gasteiger partial charge in [0.2, 0.25) is 0 Å². The standard InChI is InChI=1S/C24H34N2O2/c1-18(2)20-14-12-19(13-15-20)17-26(22-9-5-4-6-10-22)24(27)25-21-8-7-11-23(16-21)28-3/h7-8,11-12,16,20,22H,1,4-6,9-10,13-15,17H2,2-3H3,(H,25,27). The maximum absolute atomic E-state index is 13.2. The van der Waals surface area contributed by atoms with Crippen molar-refractivity contribution in [2.45, 2.75) is 64.3 Å². The number of nitrogens with one attached hydrogen (secondary N) is 1. The Hall–Kier alpha value is -2.23. The number of hydrogen-bond donors (Lipinski definition) is 1. The number of benzene rings is 1. The van der Waals surface area contributed by atoms with Gasteiger partial charge in [0.05, 0.1) is 7.11 Å². The Kier molecular flexibility index (Phi) is 7.18. The number of methoxy groups -OCH3 is 1. The molecule has 152 valence electrons. The molecule has 1 fully saturated rings. The van der Waals surface area contributed by atoms with E-state index < -0.39 is 0 Å². The zero-order valence-electron chi connectivity index (χ0n) is 17.4. The number of amides is 2. The van der Waals surface area contributed by atoms with E-state index in [-0.39, 0.29) is 6.03 Å². The Morgan fingerprint density at radius 2 is 2.04 bits per heavy atom. The molecule has 1 aromatic carbocycles. The van der Waals surface area contributed by atoms with Gasteiger partial charge in [-0.25, -0.2) is 4.79 Å². The lowest BCUT2D eigenvalue weighted by Gasteiger charge is -2.36. The highest BCUT2D eigenvalue weighted by Gasteiger charge is 2.27. The van der Waals surface area contributed by atoms with E-state index in [1.807, 2.05) is 24.3 Å². The van der Waals surface area contributed by atoms with Crippen LogP contribution in [0.5, 0.6) is 5.75 Å². The number of allylic oxidation sites excluding steroid dienone is 2. The Balaban J connectivity index is 1.71. The van der Waals surface area contributed by atoms with Crippen molar-refractivity contribution in [2.24, 2.45) is 5.92 Å². The second-order valence-corrected chi connectivity index (χ2v) is 8.26. The summed E-state index contributed by atoms with van der Waals surface area (Å²) < 4.78 is 5.28. The van der Waals surface area contributed by atoms with Crippen molar-refractivity contribution in [1.82, 2.24) is 4.90 Å². The van der Waals surface area contributed by atoms with E-state index in [1.54, 1.807) is 7.11 Å². The van der Waals surface area contributed by atoms with E-state index >= 15 is 0 Å². The van der Waals surface area contributed by atoms with Crippen LogP contribution in [0.15, 0.2) is 48.1 Å². The van der Waals surface area contributed by atoms with Crippen molar-refractivity contribution < 1.29 is 9.53 Å². The fourth-order valence-electron chi connectivity index (χ4n) is 4.35. The second kappa shape index (κ2) is 9.81. The summed E-state index contributed by atoms with van der Waals surface area (Å²) in [4.78, 5) is 15.3. The molecule has 1 aromatic rings. The first-order chi connectivity index (χ1) is 13.6. The van der Waals surface area contributed by atoms with Crippen LogP contribution >= 0.6 is 0 Å². The number of ether oxygens (including phenoxy) is 1. The lowest BCUT2D eigenvalue weighted by molar-refractivity contribution is 0.173. The smallest absolute Gasteiger partial charge is 0.322 e. The molecule has 2 aliphatic carbocycles. The van der Waals surface area contributed by atoms with E-state index in [0.717, 1.165) is 50.1 Å². The molecule has 1 unspecified atom stereocenters. The van der Waals surface area contributed by atoms with Gasteiger partial charge in [-0.3, -0.25) is 0 Å². The second-order valence-electron chi connectivity index (χ2n) is 8.26. The molecule has 0 spiro atoms. The highest BCUT2D eigenvalue weighted by atomic mass is 16.5. The van der Waals surface area contributed by atoms with Gasteiger partial charge in [0, 0.05) is 24.3 Å². The van der Waals surface area contributed by atoms with Crippen LogP contribution in [0.3, 0.4) is 0 Å². The first-order valence-corrected chi connectivity index (χ1v) is 10.6. The Labute approximate surface area is 169 Å². The van der Waals surface area contributed by atoms with Gasteiger partial charge in [-0.15, -0.1) is 0 Å². The van der Waals surface area contributed by atoms with Gasteiger partial charge in [-0.2, -0.15) is 0 Å². The van der Waals surface area contributed by atoms with Crippen LogP contribution < -0.4 is 10.1 Å². The Morgan fingerprint density at radius 1 is 1.25 bits per heavy atom. The minimum absolute atomic E-state index is 0.00285. The predicted octanol–water partition coefficient (Wildman–Crippen LogP) is 6.16. The summed E-state index contributed by atoms with van der Waals surface area (Å²) in [7, 11) is 1.64. The topological polar surface area (TPSA) is 41.6 Å². The quantitative estimate of drug-likeness (QED) is 0.598. The highest BCUT2D eigenvalue weighted by molar-refractivity contribution is 5.90. The first kappa shape index (κ1) is 20.5. The van der Waals surface area contributed by atoms with Crippen LogP contribution in [0.2, 0.25) is 0 Å². The minimum Gasteiger partial charge on any atom is -0.497 e. The van der Waals surface area contributed by atoms with Gasteiger partial charge < -0.3 is 15.0 Å². The average molecular weight is 383 g/mol.